The quantitative estimate of drug-likeness (QED) is 0.430. The highest BCUT2D eigenvalue weighted by Crippen LogP contribution is 2.34. The Hall–Kier alpha value is -3.52. The van der Waals surface area contributed by atoms with Crippen LogP contribution >= 0.6 is 0 Å². The number of morpholine rings is 1. The lowest BCUT2D eigenvalue weighted by Crippen LogP contribution is -2.26. The van der Waals surface area contributed by atoms with Gasteiger partial charge in [0.15, 0.2) is 5.82 Å². The number of epoxide rings is 1. The summed E-state index contributed by atoms with van der Waals surface area (Å²) in [5.74, 6) is 0.915. The molecule has 1 amide bonds. The number of carbonyl (C=O) groups is 1. The van der Waals surface area contributed by atoms with Crippen LogP contribution in [0.4, 0.5) is 10.2 Å². The first-order valence-corrected chi connectivity index (χ1v) is 9.49. The SMILES string of the molecule is C=C(F)C=CC(=CC)Oc1ccc(-c2nc(C(N)=O)cc(N3CC4OC4C3)n2)cc1. The van der Waals surface area contributed by atoms with Gasteiger partial charge >= 0.3 is 0 Å². The fourth-order valence-corrected chi connectivity index (χ4v) is 3.22. The van der Waals surface area contributed by atoms with E-state index in [9.17, 15) is 9.18 Å². The summed E-state index contributed by atoms with van der Waals surface area (Å²) in [4.78, 5) is 22.8. The summed E-state index contributed by atoms with van der Waals surface area (Å²) in [6.45, 7) is 6.43. The minimum atomic E-state index is -0.612. The van der Waals surface area contributed by atoms with Crippen molar-refractivity contribution < 1.29 is 18.7 Å². The molecule has 0 spiro atoms. The summed E-state index contributed by atoms with van der Waals surface area (Å²) in [5, 5.41) is 0. The average Bonchev–Trinajstić information content (AvgIpc) is 3.35. The Balaban J connectivity index is 1.56. The number of aromatic nitrogens is 2. The Labute approximate surface area is 173 Å². The van der Waals surface area contributed by atoms with Crippen LogP contribution in [0, 0.1) is 0 Å². The van der Waals surface area contributed by atoms with E-state index in [1.54, 1.807) is 43.3 Å². The fourth-order valence-electron chi connectivity index (χ4n) is 3.22. The van der Waals surface area contributed by atoms with Gasteiger partial charge in [-0.3, -0.25) is 4.79 Å². The van der Waals surface area contributed by atoms with Crippen LogP contribution in [0.2, 0.25) is 0 Å². The second kappa shape index (κ2) is 8.08. The van der Waals surface area contributed by atoms with E-state index in [1.807, 2.05) is 0 Å². The number of nitrogens with zero attached hydrogens (tertiary/aromatic N) is 3. The second-order valence-electron chi connectivity index (χ2n) is 7.01. The van der Waals surface area contributed by atoms with Crippen molar-refractivity contribution >= 4 is 11.7 Å². The first kappa shape index (κ1) is 19.8. The molecule has 2 N–H and O–H groups in total. The normalized spacial score (nSPS) is 20.3. The van der Waals surface area contributed by atoms with E-state index in [0.717, 1.165) is 13.1 Å². The van der Waals surface area contributed by atoms with Crippen molar-refractivity contribution in [3.8, 4) is 17.1 Å². The Morgan fingerprint density at radius 3 is 2.57 bits per heavy atom. The Morgan fingerprint density at radius 1 is 1.27 bits per heavy atom. The van der Waals surface area contributed by atoms with E-state index < -0.39 is 11.7 Å². The van der Waals surface area contributed by atoms with E-state index in [4.69, 9.17) is 15.2 Å². The van der Waals surface area contributed by atoms with Crippen LogP contribution in [0.1, 0.15) is 17.4 Å². The third-order valence-electron chi connectivity index (χ3n) is 4.84. The van der Waals surface area contributed by atoms with Crippen molar-refractivity contribution in [2.45, 2.75) is 19.1 Å². The number of amides is 1. The summed E-state index contributed by atoms with van der Waals surface area (Å²) in [7, 11) is 0. The first-order valence-electron chi connectivity index (χ1n) is 9.49. The lowest BCUT2D eigenvalue weighted by Gasteiger charge is -2.19. The Morgan fingerprint density at radius 2 is 1.97 bits per heavy atom. The molecular formula is C22H21FN4O3. The van der Waals surface area contributed by atoms with E-state index in [-0.39, 0.29) is 17.9 Å². The molecule has 30 heavy (non-hydrogen) atoms. The number of primary amides is 1. The molecule has 0 radical (unpaired) electrons. The van der Waals surface area contributed by atoms with Crippen molar-refractivity contribution in [2.24, 2.45) is 5.73 Å². The number of carbonyl (C=O) groups excluding carboxylic acids is 1. The molecule has 8 heteroatoms. The number of benzene rings is 1. The van der Waals surface area contributed by atoms with Gasteiger partial charge in [-0.05, 0) is 49.4 Å². The fraction of sp³-hybridized carbons (Fsp3) is 0.227. The molecular weight excluding hydrogens is 387 g/mol. The summed E-state index contributed by atoms with van der Waals surface area (Å²) >= 11 is 0. The van der Waals surface area contributed by atoms with Crippen molar-refractivity contribution in [3.05, 3.63) is 72.4 Å². The monoisotopic (exact) mass is 408 g/mol. The average molecular weight is 408 g/mol. The molecule has 2 fully saturated rings. The minimum Gasteiger partial charge on any atom is -0.458 e. The molecule has 3 heterocycles. The lowest BCUT2D eigenvalue weighted by atomic mass is 10.2. The van der Waals surface area contributed by atoms with Crippen LogP contribution in [-0.2, 0) is 4.74 Å². The third kappa shape index (κ3) is 4.38. The first-order chi connectivity index (χ1) is 14.4. The van der Waals surface area contributed by atoms with Gasteiger partial charge in [0.05, 0.1) is 0 Å². The van der Waals surface area contributed by atoms with E-state index in [2.05, 4.69) is 21.4 Å². The Bertz CT molecular complexity index is 1040. The minimum absolute atomic E-state index is 0.157. The number of rotatable bonds is 7. The van der Waals surface area contributed by atoms with Gasteiger partial charge in [-0.2, -0.15) is 0 Å². The molecule has 0 saturated carbocycles. The van der Waals surface area contributed by atoms with Gasteiger partial charge in [0.25, 0.3) is 5.91 Å². The van der Waals surface area contributed by atoms with E-state index in [1.165, 1.54) is 12.2 Å². The molecule has 2 aliphatic rings. The number of allylic oxidation sites excluding steroid dienone is 4. The lowest BCUT2D eigenvalue weighted by molar-refractivity contribution is 0.0995. The van der Waals surface area contributed by atoms with Crippen molar-refractivity contribution in [1.29, 1.82) is 0 Å². The van der Waals surface area contributed by atoms with Crippen LogP contribution in [-0.4, -0.2) is 41.2 Å². The predicted octanol–water partition coefficient (Wildman–Crippen LogP) is 3.15. The number of ether oxygens (including phenoxy) is 2. The topological polar surface area (TPSA) is 93.9 Å². The number of halogens is 1. The van der Waals surface area contributed by atoms with Gasteiger partial charge in [0, 0.05) is 24.7 Å². The molecule has 1 aromatic heterocycles. The molecule has 154 valence electrons. The predicted molar refractivity (Wildman–Crippen MR) is 111 cm³/mol. The second-order valence-corrected chi connectivity index (χ2v) is 7.01. The molecule has 1 aromatic carbocycles. The number of fused-ring (bicyclic) bond motifs is 1. The van der Waals surface area contributed by atoms with Crippen molar-refractivity contribution in [2.75, 3.05) is 18.0 Å². The number of anilines is 1. The zero-order chi connectivity index (χ0) is 21.3. The van der Waals surface area contributed by atoms with Crippen LogP contribution < -0.4 is 15.4 Å². The standard InChI is InChI=1S/C22H21FN4O3/c1-3-15(7-4-13(2)23)29-16-8-5-14(6-9-16)22-25-17(21(24)28)10-20(26-22)27-11-18-19(12-27)30-18/h3-10,18-19H,2,11-12H2,1H3,(H2,24,28). The van der Waals surface area contributed by atoms with Crippen LogP contribution in [0.3, 0.4) is 0 Å². The number of hydrogen-bond acceptors (Lipinski definition) is 6. The third-order valence-corrected chi connectivity index (χ3v) is 4.84. The molecule has 2 unspecified atom stereocenters. The zero-order valence-electron chi connectivity index (χ0n) is 16.4. The van der Waals surface area contributed by atoms with Crippen molar-refractivity contribution in [1.82, 2.24) is 9.97 Å². The highest BCUT2D eigenvalue weighted by atomic mass is 19.1. The highest BCUT2D eigenvalue weighted by Gasteiger charge is 2.47. The maximum Gasteiger partial charge on any atom is 0.267 e. The maximum atomic E-state index is 12.8. The zero-order valence-corrected chi connectivity index (χ0v) is 16.4. The van der Waals surface area contributed by atoms with E-state index in [0.29, 0.717) is 28.7 Å². The van der Waals surface area contributed by atoms with Gasteiger partial charge in [0.2, 0.25) is 0 Å². The van der Waals surface area contributed by atoms with Gasteiger partial charge < -0.3 is 20.1 Å². The summed E-state index contributed by atoms with van der Waals surface area (Å²) < 4.78 is 24.0. The van der Waals surface area contributed by atoms with Crippen LogP contribution in [0.25, 0.3) is 11.4 Å². The van der Waals surface area contributed by atoms with Crippen LogP contribution in [0.5, 0.6) is 5.75 Å². The van der Waals surface area contributed by atoms with Crippen LogP contribution in [0.15, 0.2) is 66.7 Å². The van der Waals surface area contributed by atoms with Crippen molar-refractivity contribution in [3.63, 3.8) is 0 Å². The summed E-state index contributed by atoms with van der Waals surface area (Å²) in [6.07, 6.45) is 4.90. The van der Waals surface area contributed by atoms with E-state index >= 15 is 0 Å². The van der Waals surface area contributed by atoms with Gasteiger partial charge in [0.1, 0.15) is 41.1 Å². The summed E-state index contributed by atoms with van der Waals surface area (Å²) in [6, 6.07) is 8.67. The molecule has 4 rings (SSSR count). The molecule has 2 saturated heterocycles. The highest BCUT2D eigenvalue weighted by molar-refractivity contribution is 5.92. The smallest absolute Gasteiger partial charge is 0.267 e. The summed E-state index contributed by atoms with van der Waals surface area (Å²) in [5.41, 5.74) is 6.34. The maximum absolute atomic E-state index is 12.8. The molecule has 2 atom stereocenters. The van der Waals surface area contributed by atoms with Gasteiger partial charge in [-0.25, -0.2) is 14.4 Å². The molecule has 7 nitrogen and oxygen atoms in total. The molecule has 2 aromatic rings. The molecule has 2 aliphatic heterocycles. The molecule has 0 aliphatic carbocycles. The molecule has 0 bridgehead atoms. The number of hydrogen-bond donors (Lipinski definition) is 1. The Kier molecular flexibility index (Phi) is 5.33. The largest absolute Gasteiger partial charge is 0.458 e. The van der Waals surface area contributed by atoms with Gasteiger partial charge in [-0.1, -0.05) is 6.58 Å². The van der Waals surface area contributed by atoms with Gasteiger partial charge in [-0.15, -0.1) is 0 Å². The number of nitrogens with two attached hydrogens (primary N) is 1.